The summed E-state index contributed by atoms with van der Waals surface area (Å²) in [6.45, 7) is 3.83. The standard InChI is InChI=1S/C15H15FN2O2/c1-8-3-4-9(2)12(7-8)18-11-6-5-10(16)14(17)13(11)15(19)20/h3-7,18H,17H2,1-2H3,(H,19,20). The molecule has 0 aliphatic carbocycles. The summed E-state index contributed by atoms with van der Waals surface area (Å²) in [5, 5.41) is 12.2. The Hall–Kier alpha value is -2.56. The minimum Gasteiger partial charge on any atom is -0.478 e. The van der Waals surface area contributed by atoms with Crippen LogP contribution < -0.4 is 11.1 Å². The first-order valence-electron chi connectivity index (χ1n) is 6.05. The van der Waals surface area contributed by atoms with Crippen molar-refractivity contribution in [2.75, 3.05) is 11.1 Å². The summed E-state index contributed by atoms with van der Waals surface area (Å²) in [5.74, 6) is -2.01. The molecule has 0 radical (unpaired) electrons. The molecular formula is C15H15FN2O2. The van der Waals surface area contributed by atoms with Crippen LogP contribution in [0.4, 0.5) is 21.5 Å². The van der Waals surface area contributed by atoms with Gasteiger partial charge >= 0.3 is 5.97 Å². The minimum absolute atomic E-state index is 0.258. The van der Waals surface area contributed by atoms with Crippen LogP contribution in [0.2, 0.25) is 0 Å². The summed E-state index contributed by atoms with van der Waals surface area (Å²) >= 11 is 0. The van der Waals surface area contributed by atoms with Gasteiger partial charge in [-0.3, -0.25) is 0 Å². The van der Waals surface area contributed by atoms with Crippen molar-refractivity contribution in [2.45, 2.75) is 13.8 Å². The van der Waals surface area contributed by atoms with Crippen molar-refractivity contribution in [3.8, 4) is 0 Å². The van der Waals surface area contributed by atoms with E-state index in [0.717, 1.165) is 22.9 Å². The molecule has 2 rings (SSSR count). The Kier molecular flexibility index (Phi) is 3.61. The maximum Gasteiger partial charge on any atom is 0.340 e. The molecular weight excluding hydrogens is 259 g/mol. The number of hydrogen-bond acceptors (Lipinski definition) is 3. The van der Waals surface area contributed by atoms with Gasteiger partial charge in [-0.05, 0) is 43.2 Å². The van der Waals surface area contributed by atoms with Crippen LogP contribution in [-0.4, -0.2) is 11.1 Å². The average Bonchev–Trinajstić information content (AvgIpc) is 2.38. The average molecular weight is 274 g/mol. The maximum absolute atomic E-state index is 13.4. The van der Waals surface area contributed by atoms with E-state index in [1.165, 1.54) is 6.07 Å². The molecule has 2 aromatic carbocycles. The van der Waals surface area contributed by atoms with E-state index in [0.29, 0.717) is 0 Å². The summed E-state index contributed by atoms with van der Waals surface area (Å²) < 4.78 is 13.4. The van der Waals surface area contributed by atoms with Gasteiger partial charge in [-0.1, -0.05) is 12.1 Å². The Morgan fingerprint density at radius 1 is 1.20 bits per heavy atom. The molecule has 0 fully saturated rings. The van der Waals surface area contributed by atoms with Crippen LogP contribution in [0.25, 0.3) is 0 Å². The second-order valence-corrected chi connectivity index (χ2v) is 4.63. The summed E-state index contributed by atoms with van der Waals surface area (Å²) in [7, 11) is 0. The van der Waals surface area contributed by atoms with E-state index in [1.807, 2.05) is 32.0 Å². The molecule has 0 spiro atoms. The summed E-state index contributed by atoms with van der Waals surface area (Å²) in [5.41, 5.74) is 7.90. The van der Waals surface area contributed by atoms with Gasteiger partial charge in [-0.2, -0.15) is 0 Å². The molecule has 0 atom stereocenters. The summed E-state index contributed by atoms with van der Waals surface area (Å²) in [6.07, 6.45) is 0. The second kappa shape index (κ2) is 5.21. The summed E-state index contributed by atoms with van der Waals surface area (Å²) in [4.78, 5) is 11.3. The third kappa shape index (κ3) is 2.56. The van der Waals surface area contributed by atoms with E-state index in [2.05, 4.69) is 5.32 Å². The zero-order valence-electron chi connectivity index (χ0n) is 11.2. The molecule has 4 nitrogen and oxygen atoms in total. The SMILES string of the molecule is Cc1ccc(C)c(Nc2ccc(F)c(N)c2C(=O)O)c1. The molecule has 2 aromatic rings. The highest BCUT2D eigenvalue weighted by molar-refractivity contribution is 6.00. The first kappa shape index (κ1) is 13.9. The third-order valence-electron chi connectivity index (χ3n) is 3.07. The van der Waals surface area contributed by atoms with Crippen molar-refractivity contribution in [3.63, 3.8) is 0 Å². The fourth-order valence-electron chi connectivity index (χ4n) is 1.94. The monoisotopic (exact) mass is 274 g/mol. The predicted octanol–water partition coefficient (Wildman–Crippen LogP) is 3.47. The molecule has 0 amide bonds. The fourth-order valence-corrected chi connectivity index (χ4v) is 1.94. The first-order chi connectivity index (χ1) is 9.40. The van der Waals surface area contributed by atoms with Crippen molar-refractivity contribution in [1.82, 2.24) is 0 Å². The Morgan fingerprint density at radius 3 is 2.55 bits per heavy atom. The lowest BCUT2D eigenvalue weighted by atomic mass is 10.1. The van der Waals surface area contributed by atoms with Gasteiger partial charge in [-0.25, -0.2) is 9.18 Å². The van der Waals surface area contributed by atoms with Crippen LogP contribution in [0, 0.1) is 19.7 Å². The molecule has 5 heteroatoms. The lowest BCUT2D eigenvalue weighted by Crippen LogP contribution is -2.09. The van der Waals surface area contributed by atoms with Crippen LogP contribution in [0.3, 0.4) is 0 Å². The maximum atomic E-state index is 13.4. The van der Waals surface area contributed by atoms with Crippen molar-refractivity contribution in [1.29, 1.82) is 0 Å². The molecule has 0 aliphatic heterocycles. The molecule has 4 N–H and O–H groups in total. The van der Waals surface area contributed by atoms with E-state index in [4.69, 9.17) is 5.73 Å². The zero-order chi connectivity index (χ0) is 14.9. The van der Waals surface area contributed by atoms with Gasteiger partial charge in [0.25, 0.3) is 0 Å². The molecule has 0 aliphatic rings. The second-order valence-electron chi connectivity index (χ2n) is 4.63. The lowest BCUT2D eigenvalue weighted by Gasteiger charge is -2.14. The Labute approximate surface area is 116 Å². The smallest absolute Gasteiger partial charge is 0.340 e. The van der Waals surface area contributed by atoms with Gasteiger partial charge in [0.1, 0.15) is 11.4 Å². The topological polar surface area (TPSA) is 75.3 Å². The number of carboxylic acids is 1. The fraction of sp³-hybridized carbons (Fsp3) is 0.133. The van der Waals surface area contributed by atoms with Gasteiger partial charge < -0.3 is 16.2 Å². The quantitative estimate of drug-likeness (QED) is 0.749. The van der Waals surface area contributed by atoms with E-state index in [9.17, 15) is 14.3 Å². The highest BCUT2D eigenvalue weighted by Gasteiger charge is 2.18. The number of hydrogen-bond donors (Lipinski definition) is 3. The molecule has 0 bridgehead atoms. The number of halogens is 1. The van der Waals surface area contributed by atoms with Gasteiger partial charge in [-0.15, -0.1) is 0 Å². The van der Waals surface area contributed by atoms with Crippen LogP contribution in [0.15, 0.2) is 30.3 Å². The minimum atomic E-state index is -1.27. The first-order valence-corrected chi connectivity index (χ1v) is 6.05. The molecule has 0 aromatic heterocycles. The lowest BCUT2D eigenvalue weighted by molar-refractivity contribution is 0.0698. The van der Waals surface area contributed by atoms with Crippen molar-refractivity contribution >= 4 is 23.0 Å². The number of rotatable bonds is 3. The van der Waals surface area contributed by atoms with Crippen LogP contribution in [0.5, 0.6) is 0 Å². The number of anilines is 3. The number of aryl methyl sites for hydroxylation is 2. The zero-order valence-corrected chi connectivity index (χ0v) is 11.2. The Bertz CT molecular complexity index is 684. The summed E-state index contributed by atoms with van der Waals surface area (Å²) in [6, 6.07) is 8.29. The van der Waals surface area contributed by atoms with Gasteiger partial charge in [0.05, 0.1) is 11.4 Å². The molecule has 0 saturated carbocycles. The van der Waals surface area contributed by atoms with Crippen molar-refractivity contribution < 1.29 is 14.3 Å². The highest BCUT2D eigenvalue weighted by atomic mass is 19.1. The molecule has 0 saturated heterocycles. The number of nitrogens with two attached hydrogens (primary N) is 1. The largest absolute Gasteiger partial charge is 0.478 e. The van der Waals surface area contributed by atoms with Crippen molar-refractivity contribution in [2.24, 2.45) is 0 Å². The van der Waals surface area contributed by atoms with Gasteiger partial charge in [0, 0.05) is 5.69 Å². The van der Waals surface area contributed by atoms with E-state index in [-0.39, 0.29) is 16.9 Å². The van der Waals surface area contributed by atoms with Crippen LogP contribution >= 0.6 is 0 Å². The Balaban J connectivity index is 2.51. The highest BCUT2D eigenvalue weighted by Crippen LogP contribution is 2.29. The normalized spacial score (nSPS) is 10.3. The number of nitrogens with one attached hydrogen (secondary N) is 1. The number of aromatic carboxylic acids is 1. The van der Waals surface area contributed by atoms with Gasteiger partial charge in [0.2, 0.25) is 0 Å². The molecule has 104 valence electrons. The van der Waals surface area contributed by atoms with Crippen molar-refractivity contribution in [3.05, 3.63) is 52.8 Å². The number of benzene rings is 2. The molecule has 20 heavy (non-hydrogen) atoms. The van der Waals surface area contributed by atoms with Crippen LogP contribution in [0.1, 0.15) is 21.5 Å². The van der Waals surface area contributed by atoms with Gasteiger partial charge in [0.15, 0.2) is 0 Å². The van der Waals surface area contributed by atoms with Crippen LogP contribution in [-0.2, 0) is 0 Å². The number of carboxylic acid groups (broad SMARTS) is 1. The Morgan fingerprint density at radius 2 is 1.90 bits per heavy atom. The number of carbonyl (C=O) groups is 1. The van der Waals surface area contributed by atoms with E-state index < -0.39 is 11.8 Å². The predicted molar refractivity (Wildman–Crippen MR) is 77.0 cm³/mol. The number of nitrogen functional groups attached to an aromatic ring is 1. The third-order valence-corrected chi connectivity index (χ3v) is 3.07. The molecule has 0 unspecified atom stereocenters. The van der Waals surface area contributed by atoms with E-state index in [1.54, 1.807) is 0 Å². The van der Waals surface area contributed by atoms with E-state index >= 15 is 0 Å². The molecule has 0 heterocycles.